The van der Waals surface area contributed by atoms with Crippen molar-refractivity contribution < 1.29 is 14.5 Å². The number of nitro groups is 1. The maximum atomic E-state index is 11.2. The van der Waals surface area contributed by atoms with Gasteiger partial charge in [-0.05, 0) is 31.7 Å². The van der Waals surface area contributed by atoms with Crippen LogP contribution in [-0.4, -0.2) is 17.0 Å². The third-order valence-corrected chi connectivity index (χ3v) is 3.62. The smallest absolute Gasteiger partial charge is 0.302 e. The van der Waals surface area contributed by atoms with Crippen LogP contribution in [0.2, 0.25) is 0 Å². The summed E-state index contributed by atoms with van der Waals surface area (Å²) in [5, 5.41) is 11.2. The summed E-state index contributed by atoms with van der Waals surface area (Å²) in [6.07, 6.45) is 2.29. The number of esters is 1. The SMILES string of the molecule is CC(=O)OC(C)C1CCCc2cccc([N+](=O)[O-])c21. The van der Waals surface area contributed by atoms with E-state index in [1.54, 1.807) is 13.0 Å². The highest BCUT2D eigenvalue weighted by atomic mass is 16.6. The number of carbonyl (C=O) groups is 1. The topological polar surface area (TPSA) is 69.4 Å². The maximum Gasteiger partial charge on any atom is 0.302 e. The largest absolute Gasteiger partial charge is 0.462 e. The van der Waals surface area contributed by atoms with Crippen LogP contribution in [0.5, 0.6) is 0 Å². The predicted octanol–water partition coefficient (Wildman–Crippen LogP) is 2.97. The van der Waals surface area contributed by atoms with Gasteiger partial charge < -0.3 is 4.74 Å². The first-order valence-electron chi connectivity index (χ1n) is 6.44. The molecule has 102 valence electrons. The van der Waals surface area contributed by atoms with Gasteiger partial charge in [-0.15, -0.1) is 0 Å². The quantitative estimate of drug-likeness (QED) is 0.477. The molecule has 19 heavy (non-hydrogen) atoms. The van der Waals surface area contributed by atoms with Gasteiger partial charge in [-0.25, -0.2) is 0 Å². The number of carbonyl (C=O) groups excluding carboxylic acids is 1. The normalized spacial score (nSPS) is 19.4. The molecule has 0 fully saturated rings. The molecule has 1 aliphatic carbocycles. The van der Waals surface area contributed by atoms with Crippen LogP contribution >= 0.6 is 0 Å². The fourth-order valence-corrected chi connectivity index (χ4v) is 2.87. The van der Waals surface area contributed by atoms with Crippen molar-refractivity contribution in [2.45, 2.75) is 45.1 Å². The monoisotopic (exact) mass is 263 g/mol. The minimum atomic E-state index is -0.350. The van der Waals surface area contributed by atoms with Crippen LogP contribution in [0.3, 0.4) is 0 Å². The van der Waals surface area contributed by atoms with E-state index < -0.39 is 0 Å². The molecular formula is C14H17NO4. The second kappa shape index (κ2) is 5.38. The Bertz CT molecular complexity index is 512. The Balaban J connectivity index is 2.42. The molecule has 0 N–H and O–H groups in total. The highest BCUT2D eigenvalue weighted by Crippen LogP contribution is 2.40. The minimum Gasteiger partial charge on any atom is -0.462 e. The molecule has 1 aliphatic rings. The van der Waals surface area contributed by atoms with Gasteiger partial charge in [-0.3, -0.25) is 14.9 Å². The van der Waals surface area contributed by atoms with Gasteiger partial charge in [0.05, 0.1) is 4.92 Å². The van der Waals surface area contributed by atoms with Crippen molar-refractivity contribution in [2.75, 3.05) is 0 Å². The van der Waals surface area contributed by atoms with Crippen LogP contribution in [0, 0.1) is 10.1 Å². The Morgan fingerprint density at radius 2 is 2.26 bits per heavy atom. The zero-order valence-electron chi connectivity index (χ0n) is 11.1. The minimum absolute atomic E-state index is 0.0887. The van der Waals surface area contributed by atoms with E-state index in [9.17, 15) is 14.9 Å². The summed E-state index contributed by atoms with van der Waals surface area (Å²) in [5.41, 5.74) is 1.89. The average Bonchev–Trinajstić information content (AvgIpc) is 2.36. The maximum absolute atomic E-state index is 11.2. The summed E-state index contributed by atoms with van der Waals surface area (Å²) in [5.74, 6) is -0.438. The van der Waals surface area contributed by atoms with E-state index in [1.807, 2.05) is 6.07 Å². The number of hydrogen-bond acceptors (Lipinski definition) is 4. The first-order valence-corrected chi connectivity index (χ1v) is 6.44. The molecule has 0 amide bonds. The lowest BCUT2D eigenvalue weighted by atomic mass is 9.79. The van der Waals surface area contributed by atoms with Crippen molar-refractivity contribution in [3.63, 3.8) is 0 Å². The Kier molecular flexibility index (Phi) is 3.83. The standard InChI is InChI=1S/C14H17NO4/c1-9(19-10(2)16)12-7-3-5-11-6-4-8-13(14(11)12)15(17)18/h4,6,8-9,12H,3,5,7H2,1-2H3. The molecule has 5 nitrogen and oxygen atoms in total. The van der Waals surface area contributed by atoms with Gasteiger partial charge in [0.25, 0.3) is 5.69 Å². The van der Waals surface area contributed by atoms with E-state index >= 15 is 0 Å². The van der Waals surface area contributed by atoms with E-state index in [0.717, 1.165) is 30.4 Å². The molecule has 0 bridgehead atoms. The third kappa shape index (κ3) is 2.75. The van der Waals surface area contributed by atoms with Gasteiger partial charge in [0, 0.05) is 24.5 Å². The summed E-state index contributed by atoms with van der Waals surface area (Å²) < 4.78 is 5.22. The molecule has 1 aromatic rings. The van der Waals surface area contributed by atoms with Crippen LogP contribution in [-0.2, 0) is 16.0 Å². The highest BCUT2D eigenvalue weighted by molar-refractivity contribution is 5.66. The molecule has 0 spiro atoms. The number of nitrogens with zero attached hydrogens (tertiary/aromatic N) is 1. The number of aryl methyl sites for hydroxylation is 1. The summed E-state index contributed by atoms with van der Waals surface area (Å²) in [6, 6.07) is 5.17. The molecule has 5 heteroatoms. The number of fused-ring (bicyclic) bond motifs is 1. The van der Waals surface area contributed by atoms with Crippen molar-refractivity contribution in [1.82, 2.24) is 0 Å². The van der Waals surface area contributed by atoms with E-state index in [4.69, 9.17) is 4.74 Å². The second-order valence-corrected chi connectivity index (χ2v) is 4.92. The number of nitro benzene ring substituents is 1. The molecule has 0 heterocycles. The number of benzene rings is 1. The number of hydrogen-bond donors (Lipinski definition) is 0. The van der Waals surface area contributed by atoms with Crippen LogP contribution in [0.4, 0.5) is 5.69 Å². The fraction of sp³-hybridized carbons (Fsp3) is 0.500. The zero-order chi connectivity index (χ0) is 14.0. The molecule has 0 aliphatic heterocycles. The molecule has 0 saturated heterocycles. The van der Waals surface area contributed by atoms with E-state index in [2.05, 4.69) is 0 Å². The second-order valence-electron chi connectivity index (χ2n) is 4.92. The first kappa shape index (κ1) is 13.5. The van der Waals surface area contributed by atoms with Gasteiger partial charge in [0.2, 0.25) is 0 Å². The average molecular weight is 263 g/mol. The fourth-order valence-electron chi connectivity index (χ4n) is 2.87. The van der Waals surface area contributed by atoms with Gasteiger partial charge in [0.1, 0.15) is 6.10 Å². The van der Waals surface area contributed by atoms with Gasteiger partial charge in [-0.1, -0.05) is 12.1 Å². The molecule has 2 atom stereocenters. The number of rotatable bonds is 3. The highest BCUT2D eigenvalue weighted by Gasteiger charge is 2.33. The summed E-state index contributed by atoms with van der Waals surface area (Å²) in [4.78, 5) is 21.9. The molecule has 0 radical (unpaired) electrons. The lowest BCUT2D eigenvalue weighted by molar-refractivity contribution is -0.386. The van der Waals surface area contributed by atoms with Crippen LogP contribution in [0.1, 0.15) is 43.7 Å². The molecule has 0 aromatic heterocycles. The third-order valence-electron chi connectivity index (χ3n) is 3.62. The summed E-state index contributed by atoms with van der Waals surface area (Å²) >= 11 is 0. The summed E-state index contributed by atoms with van der Waals surface area (Å²) in [6.45, 7) is 3.16. The molecule has 2 rings (SSSR count). The lowest BCUT2D eigenvalue weighted by Gasteiger charge is -2.29. The van der Waals surface area contributed by atoms with Crippen LogP contribution < -0.4 is 0 Å². The van der Waals surface area contributed by atoms with Crippen molar-refractivity contribution in [3.8, 4) is 0 Å². The van der Waals surface area contributed by atoms with E-state index in [1.165, 1.54) is 13.0 Å². The molecular weight excluding hydrogens is 246 g/mol. The zero-order valence-corrected chi connectivity index (χ0v) is 11.1. The number of ether oxygens (including phenoxy) is 1. The Morgan fingerprint density at radius 1 is 1.53 bits per heavy atom. The van der Waals surface area contributed by atoms with Gasteiger partial charge >= 0.3 is 5.97 Å². The first-order chi connectivity index (χ1) is 9.00. The van der Waals surface area contributed by atoms with Crippen molar-refractivity contribution in [3.05, 3.63) is 39.4 Å². The Labute approximate surface area is 111 Å². The van der Waals surface area contributed by atoms with Crippen molar-refractivity contribution in [1.29, 1.82) is 0 Å². The molecule has 0 saturated carbocycles. The predicted molar refractivity (Wildman–Crippen MR) is 70.0 cm³/mol. The van der Waals surface area contributed by atoms with Gasteiger partial charge in [0.15, 0.2) is 0 Å². The molecule has 1 aromatic carbocycles. The Morgan fingerprint density at radius 3 is 2.89 bits per heavy atom. The van der Waals surface area contributed by atoms with Crippen molar-refractivity contribution >= 4 is 11.7 Å². The van der Waals surface area contributed by atoms with E-state index in [0.29, 0.717) is 0 Å². The summed E-state index contributed by atoms with van der Waals surface area (Å²) in [7, 11) is 0. The van der Waals surface area contributed by atoms with E-state index in [-0.39, 0.29) is 28.6 Å². The molecule has 2 unspecified atom stereocenters. The van der Waals surface area contributed by atoms with Gasteiger partial charge in [-0.2, -0.15) is 0 Å². The lowest BCUT2D eigenvalue weighted by Crippen LogP contribution is -2.25. The van der Waals surface area contributed by atoms with Crippen LogP contribution in [0.25, 0.3) is 0 Å². The van der Waals surface area contributed by atoms with Crippen LogP contribution in [0.15, 0.2) is 18.2 Å². The Hall–Kier alpha value is -1.91. The van der Waals surface area contributed by atoms with Crippen molar-refractivity contribution in [2.24, 2.45) is 0 Å².